The van der Waals surface area contributed by atoms with Crippen molar-refractivity contribution in [3.05, 3.63) is 17.0 Å². The van der Waals surface area contributed by atoms with Gasteiger partial charge in [0.15, 0.2) is 0 Å². The molecule has 1 atom stereocenters. The van der Waals surface area contributed by atoms with Crippen LogP contribution < -0.4 is 4.90 Å². The molecule has 2 rings (SSSR count). The first-order chi connectivity index (χ1) is 10.5. The maximum Gasteiger partial charge on any atom is 0.227 e. The number of nitrogens with zero attached hydrogens (tertiary/aromatic N) is 4. The van der Waals surface area contributed by atoms with Crippen molar-refractivity contribution in [3.8, 4) is 0 Å². The second-order valence-electron chi connectivity index (χ2n) is 6.12. The standard InChI is InChI=1S/C17H28N4O/c1-6-20(7-2)16(22)15-9-8-10-21(11-15)17-18-13(4)12(3)14(5)19-17/h15H,6-11H2,1-5H3. The van der Waals surface area contributed by atoms with Gasteiger partial charge in [-0.1, -0.05) is 0 Å². The molecule has 0 radical (unpaired) electrons. The lowest BCUT2D eigenvalue weighted by molar-refractivity contribution is -0.135. The summed E-state index contributed by atoms with van der Waals surface area (Å²) in [5.74, 6) is 1.12. The van der Waals surface area contributed by atoms with Gasteiger partial charge in [0, 0.05) is 37.6 Å². The molecule has 1 fully saturated rings. The van der Waals surface area contributed by atoms with Crippen LogP contribution in [-0.2, 0) is 4.79 Å². The zero-order valence-corrected chi connectivity index (χ0v) is 14.5. The van der Waals surface area contributed by atoms with E-state index in [4.69, 9.17) is 0 Å². The van der Waals surface area contributed by atoms with Crippen molar-refractivity contribution < 1.29 is 4.79 Å². The second-order valence-corrected chi connectivity index (χ2v) is 6.12. The van der Waals surface area contributed by atoms with Crippen LogP contribution in [0, 0.1) is 26.7 Å². The van der Waals surface area contributed by atoms with Crippen LogP contribution in [-0.4, -0.2) is 47.0 Å². The average molecular weight is 304 g/mol. The maximum atomic E-state index is 12.6. The number of aryl methyl sites for hydroxylation is 2. The van der Waals surface area contributed by atoms with Crippen molar-refractivity contribution in [1.82, 2.24) is 14.9 Å². The third-order valence-electron chi connectivity index (χ3n) is 4.75. The summed E-state index contributed by atoms with van der Waals surface area (Å²) in [6, 6.07) is 0. The quantitative estimate of drug-likeness (QED) is 0.857. The molecule has 0 spiro atoms. The molecular formula is C17H28N4O. The highest BCUT2D eigenvalue weighted by Crippen LogP contribution is 2.23. The molecule has 1 amide bonds. The van der Waals surface area contributed by atoms with Gasteiger partial charge in [0.25, 0.3) is 0 Å². The molecule has 0 N–H and O–H groups in total. The van der Waals surface area contributed by atoms with Gasteiger partial charge in [0.1, 0.15) is 0 Å². The summed E-state index contributed by atoms with van der Waals surface area (Å²) in [4.78, 5) is 25.9. The minimum atomic E-state index is 0.0687. The highest BCUT2D eigenvalue weighted by atomic mass is 16.2. The third-order valence-corrected chi connectivity index (χ3v) is 4.75. The van der Waals surface area contributed by atoms with Gasteiger partial charge in [0.05, 0.1) is 5.92 Å². The average Bonchev–Trinajstić information content (AvgIpc) is 2.53. The van der Waals surface area contributed by atoms with Crippen molar-refractivity contribution in [1.29, 1.82) is 0 Å². The van der Waals surface area contributed by atoms with E-state index in [1.165, 1.54) is 0 Å². The monoisotopic (exact) mass is 304 g/mol. The van der Waals surface area contributed by atoms with Crippen LogP contribution in [0.2, 0.25) is 0 Å². The van der Waals surface area contributed by atoms with Crippen molar-refractivity contribution in [3.63, 3.8) is 0 Å². The smallest absolute Gasteiger partial charge is 0.227 e. The molecule has 1 saturated heterocycles. The van der Waals surface area contributed by atoms with Gasteiger partial charge in [-0.25, -0.2) is 9.97 Å². The van der Waals surface area contributed by atoms with E-state index < -0.39 is 0 Å². The molecule has 1 aliphatic heterocycles. The summed E-state index contributed by atoms with van der Waals surface area (Å²) >= 11 is 0. The molecule has 1 unspecified atom stereocenters. The number of rotatable bonds is 4. The Morgan fingerprint density at radius 2 is 1.77 bits per heavy atom. The number of hydrogen-bond donors (Lipinski definition) is 0. The Balaban J connectivity index is 2.15. The number of carbonyl (C=O) groups excluding carboxylic acids is 1. The van der Waals surface area contributed by atoms with E-state index in [1.54, 1.807) is 0 Å². The first kappa shape index (κ1) is 16.7. The Bertz CT molecular complexity index is 516. The predicted molar refractivity (Wildman–Crippen MR) is 89.1 cm³/mol. The molecule has 1 aromatic rings. The molecule has 5 heteroatoms. The van der Waals surface area contributed by atoms with Crippen LogP contribution >= 0.6 is 0 Å². The zero-order valence-electron chi connectivity index (χ0n) is 14.5. The lowest BCUT2D eigenvalue weighted by Gasteiger charge is -2.34. The summed E-state index contributed by atoms with van der Waals surface area (Å²) in [5, 5.41) is 0. The summed E-state index contributed by atoms with van der Waals surface area (Å²) in [6.45, 7) is 13.4. The number of piperidine rings is 1. The number of amides is 1. The van der Waals surface area contributed by atoms with E-state index in [9.17, 15) is 4.79 Å². The SMILES string of the molecule is CCN(CC)C(=O)C1CCCN(c2nc(C)c(C)c(C)n2)C1. The first-order valence-electron chi connectivity index (χ1n) is 8.33. The number of hydrogen-bond acceptors (Lipinski definition) is 4. The fourth-order valence-corrected chi connectivity index (χ4v) is 3.05. The largest absolute Gasteiger partial charge is 0.343 e. The Hall–Kier alpha value is -1.65. The molecule has 0 bridgehead atoms. The summed E-state index contributed by atoms with van der Waals surface area (Å²) in [6.07, 6.45) is 1.99. The number of aromatic nitrogens is 2. The van der Waals surface area contributed by atoms with Gasteiger partial charge in [0.2, 0.25) is 11.9 Å². The normalized spacial score (nSPS) is 18.4. The van der Waals surface area contributed by atoms with Crippen LogP contribution in [0.25, 0.3) is 0 Å². The van der Waals surface area contributed by atoms with Crippen LogP contribution in [0.1, 0.15) is 43.6 Å². The predicted octanol–water partition coefficient (Wildman–Crippen LogP) is 2.49. The molecule has 1 aliphatic rings. The zero-order chi connectivity index (χ0) is 16.3. The van der Waals surface area contributed by atoms with E-state index in [0.717, 1.165) is 61.9 Å². The summed E-state index contributed by atoms with van der Waals surface area (Å²) < 4.78 is 0. The van der Waals surface area contributed by atoms with Crippen molar-refractivity contribution in [2.24, 2.45) is 5.92 Å². The van der Waals surface area contributed by atoms with E-state index in [-0.39, 0.29) is 11.8 Å². The van der Waals surface area contributed by atoms with Crippen LogP contribution in [0.15, 0.2) is 0 Å². The Kier molecular flexibility index (Phi) is 5.37. The Morgan fingerprint density at radius 1 is 1.18 bits per heavy atom. The molecule has 0 aliphatic carbocycles. The second kappa shape index (κ2) is 7.07. The van der Waals surface area contributed by atoms with Gasteiger partial charge >= 0.3 is 0 Å². The van der Waals surface area contributed by atoms with Crippen molar-refractivity contribution >= 4 is 11.9 Å². The molecule has 22 heavy (non-hydrogen) atoms. The van der Waals surface area contributed by atoms with Crippen LogP contribution in [0.3, 0.4) is 0 Å². The molecule has 0 saturated carbocycles. The van der Waals surface area contributed by atoms with E-state index in [0.29, 0.717) is 0 Å². The summed E-state index contributed by atoms with van der Waals surface area (Å²) in [5.41, 5.74) is 3.20. The van der Waals surface area contributed by atoms with Gasteiger partial charge in [-0.15, -0.1) is 0 Å². The molecule has 122 valence electrons. The van der Waals surface area contributed by atoms with Crippen molar-refractivity contribution in [2.75, 3.05) is 31.1 Å². The number of carbonyl (C=O) groups is 1. The fourth-order valence-electron chi connectivity index (χ4n) is 3.05. The van der Waals surface area contributed by atoms with Crippen molar-refractivity contribution in [2.45, 2.75) is 47.5 Å². The van der Waals surface area contributed by atoms with E-state index >= 15 is 0 Å². The van der Waals surface area contributed by atoms with Gasteiger partial charge in [-0.05, 0) is 53.0 Å². The Labute approximate surface area is 133 Å². The molecule has 0 aromatic carbocycles. The first-order valence-corrected chi connectivity index (χ1v) is 8.33. The van der Waals surface area contributed by atoms with Gasteiger partial charge < -0.3 is 9.80 Å². The molecule has 2 heterocycles. The van der Waals surface area contributed by atoms with Gasteiger partial charge in [-0.2, -0.15) is 0 Å². The van der Waals surface area contributed by atoms with E-state index in [2.05, 4.69) is 21.8 Å². The molecular weight excluding hydrogens is 276 g/mol. The highest BCUT2D eigenvalue weighted by molar-refractivity contribution is 5.79. The van der Waals surface area contributed by atoms with Crippen LogP contribution in [0.5, 0.6) is 0 Å². The summed E-state index contributed by atoms with van der Waals surface area (Å²) in [7, 11) is 0. The lowest BCUT2D eigenvalue weighted by Crippen LogP contribution is -2.45. The third kappa shape index (κ3) is 3.39. The number of anilines is 1. The van der Waals surface area contributed by atoms with E-state index in [1.807, 2.05) is 32.6 Å². The lowest BCUT2D eigenvalue weighted by atomic mass is 9.96. The van der Waals surface area contributed by atoms with Gasteiger partial charge in [-0.3, -0.25) is 4.79 Å². The Morgan fingerprint density at radius 3 is 2.32 bits per heavy atom. The minimum absolute atomic E-state index is 0.0687. The topological polar surface area (TPSA) is 49.3 Å². The minimum Gasteiger partial charge on any atom is -0.343 e. The van der Waals surface area contributed by atoms with Crippen LogP contribution in [0.4, 0.5) is 5.95 Å². The maximum absolute atomic E-state index is 12.6. The molecule has 1 aromatic heterocycles. The molecule has 5 nitrogen and oxygen atoms in total. The highest BCUT2D eigenvalue weighted by Gasteiger charge is 2.29. The fraction of sp³-hybridized carbons (Fsp3) is 0.706.